The number of rotatable bonds is 19. The van der Waals surface area contributed by atoms with Crippen LogP contribution in [-0.2, 0) is 14.2 Å². The molecule has 0 saturated heterocycles. The zero-order chi connectivity index (χ0) is 56.4. The summed E-state index contributed by atoms with van der Waals surface area (Å²) in [5.41, 5.74) is 10.9. The van der Waals surface area contributed by atoms with Gasteiger partial charge in [0.15, 0.2) is 0 Å². The Kier molecular flexibility index (Phi) is 25.2. The van der Waals surface area contributed by atoms with E-state index in [0.717, 1.165) is 128 Å². The number of carbonyl (C=O) groups excluding carboxylic acids is 3. The first-order valence-corrected chi connectivity index (χ1v) is 28.8. The van der Waals surface area contributed by atoms with E-state index in [-0.39, 0.29) is 11.9 Å². The van der Waals surface area contributed by atoms with Gasteiger partial charge in [-0.3, -0.25) is 0 Å². The summed E-state index contributed by atoms with van der Waals surface area (Å²) in [7, 11) is 0. The second-order valence-corrected chi connectivity index (χ2v) is 21.2. The number of nitrogens with two attached hydrogens (primary N) is 1. The van der Waals surface area contributed by atoms with Crippen LogP contribution in [0.25, 0.3) is 37.9 Å². The second-order valence-electron chi connectivity index (χ2n) is 20.8. The number of aromatic amines is 3. The number of anilines is 2. The number of nitrogens with one attached hydrogen (secondary N) is 5. The Morgan fingerprint density at radius 3 is 1.47 bits per heavy atom. The fourth-order valence-corrected chi connectivity index (χ4v) is 11.0. The van der Waals surface area contributed by atoms with Crippen LogP contribution in [0.2, 0.25) is 5.02 Å². The monoisotopic (exact) mass is 1100 g/mol. The average molecular weight is 1100 g/mol. The molecule has 0 spiro atoms. The molecule has 79 heavy (non-hydrogen) atoms. The van der Waals surface area contributed by atoms with Crippen molar-refractivity contribution in [2.24, 2.45) is 23.5 Å². The highest BCUT2D eigenvalue weighted by molar-refractivity contribution is 6.38. The molecule has 9 rings (SSSR count). The summed E-state index contributed by atoms with van der Waals surface area (Å²) in [5.74, 6) is 0.791. The number of hydrogen-bond donors (Lipinski definition) is 6. The van der Waals surface area contributed by atoms with Crippen LogP contribution in [0, 0.1) is 47.0 Å². The molecular weight excluding hydrogens is 1020 g/mol. The van der Waals surface area contributed by atoms with Gasteiger partial charge in [0.25, 0.3) is 0 Å². The number of halogens is 1. The summed E-state index contributed by atoms with van der Waals surface area (Å²) in [6.45, 7) is 14.4. The van der Waals surface area contributed by atoms with Crippen LogP contribution in [0.4, 0.5) is 11.4 Å². The van der Waals surface area contributed by atoms with Crippen LogP contribution in [0.3, 0.4) is 0 Å². The number of pyridine rings is 3. The Balaban J connectivity index is 0.000000179. The summed E-state index contributed by atoms with van der Waals surface area (Å²) in [4.78, 5) is 61.9. The molecule has 6 unspecified atom stereocenters. The Morgan fingerprint density at radius 1 is 0.633 bits per heavy atom. The summed E-state index contributed by atoms with van der Waals surface area (Å²) < 4.78 is 15.7. The van der Waals surface area contributed by atoms with Crippen molar-refractivity contribution in [3.05, 3.63) is 88.5 Å². The van der Waals surface area contributed by atoms with Crippen molar-refractivity contribution < 1.29 is 28.6 Å². The first-order chi connectivity index (χ1) is 38.5. The second kappa shape index (κ2) is 32.6. The minimum Gasteiger partial charge on any atom is -0.462 e. The molecule has 6 atom stereocenters. The largest absolute Gasteiger partial charge is 0.462 e. The molecule has 422 valence electrons. The van der Waals surface area contributed by atoms with Crippen molar-refractivity contribution in [2.75, 3.05) is 37.0 Å². The molecule has 19 heteroatoms. The molecule has 0 radical (unpaired) electrons. The molecule has 0 amide bonds. The van der Waals surface area contributed by atoms with Crippen molar-refractivity contribution in [1.82, 2.24) is 29.9 Å². The quantitative estimate of drug-likeness (QED) is 0.0250. The third kappa shape index (κ3) is 18.2. The lowest BCUT2D eigenvalue weighted by Crippen LogP contribution is -2.28. The Morgan fingerprint density at radius 2 is 1.04 bits per heavy atom. The van der Waals surface area contributed by atoms with Gasteiger partial charge in [-0.1, -0.05) is 70.9 Å². The van der Waals surface area contributed by atoms with Gasteiger partial charge < -0.3 is 50.4 Å². The molecule has 3 aliphatic rings. The van der Waals surface area contributed by atoms with Crippen molar-refractivity contribution in [3.8, 4) is 12.1 Å². The van der Waals surface area contributed by atoms with Gasteiger partial charge in [0.05, 0.1) is 53.9 Å². The zero-order valence-electron chi connectivity index (χ0n) is 46.2. The van der Waals surface area contributed by atoms with Crippen LogP contribution in [0.15, 0.2) is 55.4 Å². The summed E-state index contributed by atoms with van der Waals surface area (Å²) in [6, 6.07) is 11.2. The van der Waals surface area contributed by atoms with E-state index in [1.807, 2.05) is 45.3 Å². The maximum Gasteiger partial charge on any atom is 0.341 e. The standard InChI is InChI=1S/2C20H26N4O2.C11H11ClN2O2.C9H16N2/c2*1-2-11-26-20(25)17-13-23-19-16(8-10-22-19)18(17)24-15-7-3-5-14(12-15)6-4-9-21;1-2-5-16-11(15)8-6-14-10-7(9(8)12)3-4-13-10;1-11-6-5-8-3-2-4-9(10)7-8/h2*8,10,13-15H,2-7,11-12H2,1H3,(H2,22,23,24);3-4,6H,2,5H2,1H3,(H,13,14);8-9H,2-7,10H2. The highest BCUT2D eigenvalue weighted by Gasteiger charge is 2.27. The fraction of sp³-hybridized carbons (Fsp3) is 0.550. The number of aromatic nitrogens is 6. The van der Waals surface area contributed by atoms with Gasteiger partial charge in [0.1, 0.15) is 28.1 Å². The van der Waals surface area contributed by atoms with E-state index in [9.17, 15) is 14.4 Å². The topological polar surface area (TPSA) is 267 Å². The SMILES string of the molecule is CCCOC(=O)c1cnc2[nH]ccc2c1Cl.CCCOC(=O)c1cnc2[nH]ccc2c1NC1CCCC(CCC#N)C1.CCCOC(=O)c1cnc2[nH]ccc2c1NC1CCCC(CCC#N)C1.[C-]#[N+]CCC1CCCC(N)C1. The number of nitrogens with zero attached hydrogens (tertiary/aromatic N) is 6. The van der Waals surface area contributed by atoms with Crippen molar-refractivity contribution in [1.29, 1.82) is 10.5 Å². The number of nitriles is 2. The Labute approximate surface area is 469 Å². The molecule has 6 aromatic heterocycles. The van der Waals surface area contributed by atoms with E-state index < -0.39 is 5.97 Å². The lowest BCUT2D eigenvalue weighted by atomic mass is 9.83. The van der Waals surface area contributed by atoms with E-state index in [2.05, 4.69) is 57.5 Å². The van der Waals surface area contributed by atoms with E-state index in [1.165, 1.54) is 38.3 Å². The zero-order valence-corrected chi connectivity index (χ0v) is 47.0. The minimum atomic E-state index is -0.428. The van der Waals surface area contributed by atoms with Crippen molar-refractivity contribution in [2.45, 2.75) is 167 Å². The molecule has 18 nitrogen and oxygen atoms in total. The Bertz CT molecular complexity index is 2870. The summed E-state index contributed by atoms with van der Waals surface area (Å²) in [6.07, 6.45) is 30.3. The van der Waals surface area contributed by atoms with Crippen LogP contribution in [-0.4, -0.2) is 92.3 Å². The molecule has 3 saturated carbocycles. The van der Waals surface area contributed by atoms with Gasteiger partial charge >= 0.3 is 17.9 Å². The number of hydrogen-bond acceptors (Lipinski definition) is 14. The summed E-state index contributed by atoms with van der Waals surface area (Å²) >= 11 is 6.10. The van der Waals surface area contributed by atoms with Crippen LogP contribution < -0.4 is 16.4 Å². The molecule has 0 aromatic carbocycles. The molecule has 6 heterocycles. The third-order valence-electron chi connectivity index (χ3n) is 14.7. The lowest BCUT2D eigenvalue weighted by Gasteiger charge is -2.30. The predicted octanol–water partition coefficient (Wildman–Crippen LogP) is 13.4. The molecular formula is C60H79ClN12O6. The molecule has 0 aliphatic heterocycles. The van der Waals surface area contributed by atoms with E-state index in [0.29, 0.717) is 96.5 Å². The highest BCUT2D eigenvalue weighted by atomic mass is 35.5. The Hall–Kier alpha value is -7.20. The maximum absolute atomic E-state index is 12.5. The van der Waals surface area contributed by atoms with Gasteiger partial charge in [0.2, 0.25) is 6.54 Å². The average Bonchev–Trinajstić information content (AvgIpc) is 4.31. The van der Waals surface area contributed by atoms with E-state index in [1.54, 1.807) is 24.7 Å². The maximum atomic E-state index is 12.5. The highest BCUT2D eigenvalue weighted by Crippen LogP contribution is 2.35. The minimum absolute atomic E-state index is 0.297. The summed E-state index contributed by atoms with van der Waals surface area (Å²) in [5, 5.41) is 27.8. The smallest absolute Gasteiger partial charge is 0.341 e. The number of esters is 3. The van der Waals surface area contributed by atoms with Crippen LogP contribution in [0.5, 0.6) is 0 Å². The first kappa shape index (κ1) is 61.0. The molecule has 6 aromatic rings. The number of H-pyrrole nitrogens is 3. The van der Waals surface area contributed by atoms with E-state index >= 15 is 0 Å². The van der Waals surface area contributed by atoms with Crippen molar-refractivity contribution >= 4 is 74.0 Å². The first-order valence-electron chi connectivity index (χ1n) is 28.4. The number of carbonyl (C=O) groups is 3. The van der Waals surface area contributed by atoms with Gasteiger partial charge in [0, 0.05) is 90.7 Å². The van der Waals surface area contributed by atoms with Gasteiger partial charge in [-0.2, -0.15) is 10.5 Å². The lowest BCUT2D eigenvalue weighted by molar-refractivity contribution is 0.0496. The molecule has 0 bridgehead atoms. The van der Waals surface area contributed by atoms with Gasteiger partial charge in [-0.15, -0.1) is 0 Å². The fourth-order valence-electron chi connectivity index (χ4n) is 10.7. The van der Waals surface area contributed by atoms with Gasteiger partial charge in [-0.25, -0.2) is 35.9 Å². The third-order valence-corrected chi connectivity index (χ3v) is 15.1. The molecule has 7 N–H and O–H groups in total. The van der Waals surface area contributed by atoms with E-state index in [4.69, 9.17) is 48.6 Å². The van der Waals surface area contributed by atoms with Gasteiger partial charge in [-0.05, 0) is 107 Å². The van der Waals surface area contributed by atoms with Crippen LogP contribution >= 0.6 is 11.6 Å². The molecule has 3 fully saturated rings. The normalized spacial score (nSPS) is 19.6. The molecule has 3 aliphatic carbocycles. The number of fused-ring (bicyclic) bond motifs is 3. The van der Waals surface area contributed by atoms with Crippen LogP contribution in [0.1, 0.15) is 180 Å². The predicted molar refractivity (Wildman–Crippen MR) is 309 cm³/mol. The number of ether oxygens (including phenoxy) is 3. The van der Waals surface area contributed by atoms with Crippen molar-refractivity contribution in [3.63, 3.8) is 0 Å².